The summed E-state index contributed by atoms with van der Waals surface area (Å²) in [6.07, 6.45) is 2.37. The molecule has 0 aromatic heterocycles. The molecule has 3 N–H and O–H groups in total. The van der Waals surface area contributed by atoms with Gasteiger partial charge in [-0.25, -0.2) is 0 Å². The second-order valence-electron chi connectivity index (χ2n) is 5.02. The summed E-state index contributed by atoms with van der Waals surface area (Å²) in [5.41, 5.74) is 3.88. The van der Waals surface area contributed by atoms with E-state index in [1.165, 1.54) is 29.5 Å². The number of fused-ring (bicyclic) bond motifs is 2. The summed E-state index contributed by atoms with van der Waals surface area (Å²) in [6.45, 7) is 8.37. The molecule has 3 nitrogen and oxygen atoms in total. The second kappa shape index (κ2) is 9.51. The average Bonchev–Trinajstić information content (AvgIpc) is 2.34. The van der Waals surface area contributed by atoms with Gasteiger partial charge in [0.25, 0.3) is 0 Å². The molecule has 0 saturated heterocycles. The Morgan fingerprint density at radius 2 is 1.32 bits per heavy atom. The summed E-state index contributed by atoms with van der Waals surface area (Å²) < 4.78 is 0. The Kier molecular flexibility index (Phi) is 8.35. The Hall–Kier alpha value is -0.381. The molecule has 19 heavy (non-hydrogen) atoms. The van der Waals surface area contributed by atoms with Gasteiger partial charge in [-0.05, 0) is 52.1 Å². The number of benzene rings is 1. The van der Waals surface area contributed by atoms with Crippen molar-refractivity contribution in [2.24, 2.45) is 0 Å². The quantitative estimate of drug-likeness (QED) is 0.500. The van der Waals surface area contributed by atoms with E-state index in [2.05, 4.69) is 41.1 Å². The standard InChI is InChI=1S/C15H24N3.Cu/c1-13-8-14-10-15(9-13)12-18-7-3-5-16-4-2-6-17-11-14;/h8-9,16-18H,2-7,11-12H2,1H3;/q-1;+1. The molecule has 1 aliphatic rings. The predicted octanol–water partition coefficient (Wildman–Crippen LogP) is 1.36. The summed E-state index contributed by atoms with van der Waals surface area (Å²) in [5, 5.41) is 10.4. The van der Waals surface area contributed by atoms with Gasteiger partial charge >= 0.3 is 17.1 Å². The van der Waals surface area contributed by atoms with Crippen LogP contribution in [0, 0.1) is 13.0 Å². The molecular weight excluding hydrogens is 286 g/mol. The van der Waals surface area contributed by atoms with Gasteiger partial charge in [-0.15, -0.1) is 11.1 Å². The van der Waals surface area contributed by atoms with Crippen LogP contribution in [0.25, 0.3) is 0 Å². The van der Waals surface area contributed by atoms with E-state index in [-0.39, 0.29) is 17.1 Å². The van der Waals surface area contributed by atoms with Crippen LogP contribution in [-0.4, -0.2) is 26.2 Å². The van der Waals surface area contributed by atoms with Crippen LogP contribution in [-0.2, 0) is 30.2 Å². The fourth-order valence-corrected chi connectivity index (χ4v) is 2.31. The van der Waals surface area contributed by atoms with Gasteiger partial charge in [-0.3, -0.25) is 0 Å². The normalized spacial score (nSPS) is 18.2. The van der Waals surface area contributed by atoms with Gasteiger partial charge in [0, 0.05) is 0 Å². The minimum absolute atomic E-state index is 0. The Morgan fingerprint density at radius 1 is 0.842 bits per heavy atom. The van der Waals surface area contributed by atoms with Gasteiger partial charge in [0.1, 0.15) is 0 Å². The van der Waals surface area contributed by atoms with E-state index in [1.807, 2.05) is 0 Å². The van der Waals surface area contributed by atoms with Crippen LogP contribution >= 0.6 is 0 Å². The van der Waals surface area contributed by atoms with E-state index in [1.54, 1.807) is 0 Å². The first-order chi connectivity index (χ1) is 8.84. The summed E-state index contributed by atoms with van der Waals surface area (Å²) in [4.78, 5) is 0. The van der Waals surface area contributed by atoms with Crippen molar-refractivity contribution >= 4 is 0 Å². The van der Waals surface area contributed by atoms with Crippen molar-refractivity contribution in [3.63, 3.8) is 0 Å². The molecule has 0 radical (unpaired) electrons. The summed E-state index contributed by atoms with van der Waals surface area (Å²) in [7, 11) is 0. The van der Waals surface area contributed by atoms with Crippen LogP contribution in [0.1, 0.15) is 29.5 Å². The first kappa shape index (κ1) is 16.7. The summed E-state index contributed by atoms with van der Waals surface area (Å²) >= 11 is 0. The van der Waals surface area contributed by atoms with E-state index < -0.39 is 0 Å². The predicted molar refractivity (Wildman–Crippen MR) is 75.5 cm³/mol. The number of aryl methyl sites for hydroxylation is 1. The van der Waals surface area contributed by atoms with Gasteiger partial charge in [0.15, 0.2) is 0 Å². The van der Waals surface area contributed by atoms with Gasteiger partial charge < -0.3 is 16.0 Å². The van der Waals surface area contributed by atoms with Crippen molar-refractivity contribution < 1.29 is 17.1 Å². The third-order valence-corrected chi connectivity index (χ3v) is 3.17. The number of nitrogens with one attached hydrogen (secondary N) is 3. The Morgan fingerprint density at radius 3 is 1.84 bits per heavy atom. The molecular formula is C15H24CuN3. The molecule has 0 unspecified atom stereocenters. The molecule has 1 heterocycles. The van der Waals surface area contributed by atoms with Crippen LogP contribution in [0.4, 0.5) is 0 Å². The van der Waals surface area contributed by atoms with Crippen LogP contribution in [0.2, 0.25) is 0 Å². The average molecular weight is 310 g/mol. The molecule has 0 atom stereocenters. The van der Waals surface area contributed by atoms with Crippen LogP contribution < -0.4 is 16.0 Å². The second-order valence-corrected chi connectivity index (χ2v) is 5.02. The third kappa shape index (κ3) is 6.55. The van der Waals surface area contributed by atoms with Crippen molar-refractivity contribution in [2.45, 2.75) is 32.9 Å². The Balaban J connectivity index is 0.00000180. The molecule has 0 fully saturated rings. The van der Waals surface area contributed by atoms with Gasteiger partial charge in [-0.1, -0.05) is 6.92 Å². The zero-order chi connectivity index (χ0) is 12.6. The zero-order valence-electron chi connectivity index (χ0n) is 11.6. The van der Waals surface area contributed by atoms with Gasteiger partial charge in [-0.2, -0.15) is 23.8 Å². The maximum atomic E-state index is 3.50. The molecule has 0 spiro atoms. The fourth-order valence-electron chi connectivity index (χ4n) is 2.31. The molecule has 110 valence electrons. The SMILES string of the molecule is Cc1cc2[c-]c(c1)CNCCCNCCCNC2.[Cu+]. The van der Waals surface area contributed by atoms with Crippen LogP contribution in [0.3, 0.4) is 0 Å². The van der Waals surface area contributed by atoms with Crippen molar-refractivity contribution in [1.82, 2.24) is 16.0 Å². The maximum Gasteiger partial charge on any atom is 1.00 e. The third-order valence-electron chi connectivity index (χ3n) is 3.17. The minimum atomic E-state index is 0. The summed E-state index contributed by atoms with van der Waals surface area (Å²) in [6, 6.07) is 7.94. The van der Waals surface area contributed by atoms with Crippen LogP contribution in [0.5, 0.6) is 0 Å². The smallest absolute Gasteiger partial charge is 0.317 e. The Labute approximate surface area is 127 Å². The molecule has 1 aromatic rings. The largest absolute Gasteiger partial charge is 1.00 e. The van der Waals surface area contributed by atoms with E-state index in [9.17, 15) is 0 Å². The number of rotatable bonds is 0. The number of hydrogen-bond donors (Lipinski definition) is 3. The van der Waals surface area contributed by atoms with E-state index in [0.717, 1.165) is 39.3 Å². The molecule has 2 bridgehead atoms. The fraction of sp³-hybridized carbons (Fsp3) is 0.600. The van der Waals surface area contributed by atoms with E-state index >= 15 is 0 Å². The van der Waals surface area contributed by atoms with Gasteiger partial charge in [0.2, 0.25) is 0 Å². The molecule has 1 aliphatic heterocycles. The van der Waals surface area contributed by atoms with E-state index in [4.69, 9.17) is 0 Å². The molecule has 0 amide bonds. The van der Waals surface area contributed by atoms with Crippen molar-refractivity contribution in [1.29, 1.82) is 0 Å². The van der Waals surface area contributed by atoms with Crippen molar-refractivity contribution in [3.8, 4) is 0 Å². The van der Waals surface area contributed by atoms with E-state index in [0.29, 0.717) is 0 Å². The number of hydrogen-bond acceptors (Lipinski definition) is 3. The van der Waals surface area contributed by atoms with Gasteiger partial charge in [0.05, 0.1) is 0 Å². The maximum absolute atomic E-state index is 3.50. The summed E-state index contributed by atoms with van der Waals surface area (Å²) in [5.74, 6) is 0. The first-order valence-electron chi connectivity index (χ1n) is 6.98. The first-order valence-corrected chi connectivity index (χ1v) is 6.98. The molecule has 0 aliphatic carbocycles. The van der Waals surface area contributed by atoms with Crippen LogP contribution in [0.15, 0.2) is 12.1 Å². The van der Waals surface area contributed by atoms with Crippen molar-refractivity contribution in [2.75, 3.05) is 26.2 Å². The molecule has 2 rings (SSSR count). The molecule has 0 saturated carbocycles. The monoisotopic (exact) mass is 309 g/mol. The topological polar surface area (TPSA) is 36.1 Å². The molecule has 4 heteroatoms. The minimum Gasteiger partial charge on any atom is -0.317 e. The van der Waals surface area contributed by atoms with Crippen molar-refractivity contribution in [3.05, 3.63) is 34.9 Å². The molecule has 1 aromatic carbocycles. The zero-order valence-corrected chi connectivity index (χ0v) is 12.6. The Bertz CT molecular complexity index is 338.